The first kappa shape index (κ1) is 15.4. The van der Waals surface area contributed by atoms with Crippen LogP contribution in [0.25, 0.3) is 0 Å². The van der Waals surface area contributed by atoms with E-state index in [1.165, 1.54) is 39.2 Å². The molecule has 1 fully saturated rings. The van der Waals surface area contributed by atoms with Crippen molar-refractivity contribution in [3.63, 3.8) is 0 Å². The lowest BCUT2D eigenvalue weighted by Crippen LogP contribution is -2.42. The van der Waals surface area contributed by atoms with E-state index < -0.39 is 0 Å². The SMILES string of the molecule is CCNC(CCN(C)C1CCCCC1)C(=O)OC. The summed E-state index contributed by atoms with van der Waals surface area (Å²) in [5.74, 6) is -0.145. The summed E-state index contributed by atoms with van der Waals surface area (Å²) in [7, 11) is 3.63. The average Bonchev–Trinajstić information content (AvgIpc) is 2.43. The maximum absolute atomic E-state index is 11.6. The van der Waals surface area contributed by atoms with Gasteiger partial charge in [0.15, 0.2) is 0 Å². The normalized spacial score (nSPS) is 18.9. The van der Waals surface area contributed by atoms with Gasteiger partial charge in [-0.1, -0.05) is 26.2 Å². The summed E-state index contributed by atoms with van der Waals surface area (Å²) in [6, 6.07) is 0.546. The molecule has 0 spiro atoms. The molecule has 1 aliphatic rings. The number of nitrogens with zero attached hydrogens (tertiary/aromatic N) is 1. The summed E-state index contributed by atoms with van der Waals surface area (Å²) in [6.45, 7) is 3.77. The molecule has 1 aliphatic carbocycles. The van der Waals surface area contributed by atoms with Gasteiger partial charge in [0.25, 0.3) is 0 Å². The van der Waals surface area contributed by atoms with Crippen LogP contribution in [0.2, 0.25) is 0 Å². The molecule has 1 N–H and O–H groups in total. The van der Waals surface area contributed by atoms with E-state index in [1.54, 1.807) is 0 Å². The number of ether oxygens (including phenoxy) is 1. The van der Waals surface area contributed by atoms with Crippen molar-refractivity contribution < 1.29 is 9.53 Å². The highest BCUT2D eigenvalue weighted by Crippen LogP contribution is 2.21. The Morgan fingerprint density at radius 2 is 2.06 bits per heavy atom. The highest BCUT2D eigenvalue weighted by Gasteiger charge is 2.22. The van der Waals surface area contributed by atoms with Crippen LogP contribution in [0, 0.1) is 0 Å². The second kappa shape index (κ2) is 8.48. The van der Waals surface area contributed by atoms with Crippen LogP contribution in [-0.2, 0) is 9.53 Å². The number of carbonyl (C=O) groups is 1. The first-order valence-electron chi connectivity index (χ1n) is 7.20. The highest BCUT2D eigenvalue weighted by atomic mass is 16.5. The van der Waals surface area contributed by atoms with Crippen molar-refractivity contribution in [3.8, 4) is 0 Å². The number of nitrogens with one attached hydrogen (secondary N) is 1. The molecule has 0 heterocycles. The number of methoxy groups -OCH3 is 1. The minimum Gasteiger partial charge on any atom is -0.468 e. The molecule has 0 amide bonds. The Kier molecular flexibility index (Phi) is 7.28. The predicted octanol–water partition coefficient (Wildman–Crippen LogP) is 1.79. The van der Waals surface area contributed by atoms with Gasteiger partial charge in [0.1, 0.15) is 6.04 Å². The summed E-state index contributed by atoms with van der Waals surface area (Å²) >= 11 is 0. The van der Waals surface area contributed by atoms with Gasteiger partial charge < -0.3 is 15.0 Å². The number of likely N-dealkylation sites (N-methyl/N-ethyl adjacent to an activating group) is 1. The van der Waals surface area contributed by atoms with Crippen molar-refractivity contribution in [3.05, 3.63) is 0 Å². The zero-order chi connectivity index (χ0) is 13.4. The molecule has 0 bridgehead atoms. The van der Waals surface area contributed by atoms with Gasteiger partial charge in [-0.05, 0) is 32.9 Å². The molecule has 106 valence electrons. The first-order chi connectivity index (χ1) is 8.69. The Morgan fingerprint density at radius 3 is 2.61 bits per heavy atom. The largest absolute Gasteiger partial charge is 0.468 e. The average molecular weight is 256 g/mol. The van der Waals surface area contributed by atoms with Crippen LogP contribution in [0.1, 0.15) is 45.4 Å². The van der Waals surface area contributed by atoms with Crippen LogP contribution in [0.15, 0.2) is 0 Å². The van der Waals surface area contributed by atoms with E-state index in [-0.39, 0.29) is 12.0 Å². The predicted molar refractivity (Wildman–Crippen MR) is 73.6 cm³/mol. The highest BCUT2D eigenvalue weighted by molar-refractivity contribution is 5.75. The zero-order valence-corrected chi connectivity index (χ0v) is 12.1. The number of hydrogen-bond donors (Lipinski definition) is 1. The number of rotatable bonds is 7. The maximum atomic E-state index is 11.6. The van der Waals surface area contributed by atoms with E-state index >= 15 is 0 Å². The summed E-state index contributed by atoms with van der Waals surface area (Å²) in [5, 5.41) is 3.19. The van der Waals surface area contributed by atoms with Crippen LogP contribution in [-0.4, -0.2) is 50.2 Å². The lowest BCUT2D eigenvalue weighted by molar-refractivity contribution is -0.143. The van der Waals surface area contributed by atoms with E-state index in [0.717, 1.165) is 19.5 Å². The lowest BCUT2D eigenvalue weighted by atomic mass is 9.94. The van der Waals surface area contributed by atoms with Gasteiger partial charge in [0, 0.05) is 12.6 Å². The van der Waals surface area contributed by atoms with Crippen LogP contribution < -0.4 is 5.32 Å². The third kappa shape index (κ3) is 4.94. The van der Waals surface area contributed by atoms with Gasteiger partial charge in [-0.25, -0.2) is 0 Å². The summed E-state index contributed by atoms with van der Waals surface area (Å²) in [4.78, 5) is 14.0. The second-order valence-electron chi connectivity index (χ2n) is 5.19. The van der Waals surface area contributed by atoms with Crippen molar-refractivity contribution in [2.75, 3.05) is 27.2 Å². The third-order valence-corrected chi connectivity index (χ3v) is 3.90. The first-order valence-corrected chi connectivity index (χ1v) is 7.20. The molecule has 18 heavy (non-hydrogen) atoms. The molecule has 0 aliphatic heterocycles. The molecule has 4 heteroatoms. The van der Waals surface area contributed by atoms with Crippen LogP contribution in [0.4, 0.5) is 0 Å². The minimum atomic E-state index is -0.161. The molecule has 0 saturated heterocycles. The van der Waals surface area contributed by atoms with Crippen LogP contribution >= 0.6 is 0 Å². The molecule has 0 radical (unpaired) electrons. The Morgan fingerprint density at radius 1 is 1.39 bits per heavy atom. The molecule has 4 nitrogen and oxygen atoms in total. The van der Waals surface area contributed by atoms with E-state index in [9.17, 15) is 4.79 Å². The molecule has 1 unspecified atom stereocenters. The molecule has 1 saturated carbocycles. The topological polar surface area (TPSA) is 41.6 Å². The zero-order valence-electron chi connectivity index (χ0n) is 12.1. The van der Waals surface area contributed by atoms with Gasteiger partial charge >= 0.3 is 5.97 Å². The van der Waals surface area contributed by atoms with Crippen molar-refractivity contribution in [2.45, 2.75) is 57.5 Å². The summed E-state index contributed by atoms with van der Waals surface area (Å²) in [6.07, 6.45) is 7.52. The molecule has 0 aromatic heterocycles. The van der Waals surface area contributed by atoms with Gasteiger partial charge in [0.2, 0.25) is 0 Å². The number of carbonyl (C=O) groups excluding carboxylic acids is 1. The van der Waals surface area contributed by atoms with Gasteiger partial charge in [-0.15, -0.1) is 0 Å². The standard InChI is InChI=1S/C14H28N2O2/c1-4-15-13(14(17)18-3)10-11-16(2)12-8-6-5-7-9-12/h12-13,15H,4-11H2,1-3H3. The quantitative estimate of drug-likeness (QED) is 0.705. The second-order valence-corrected chi connectivity index (χ2v) is 5.19. The van der Waals surface area contributed by atoms with Crippen molar-refractivity contribution in [2.24, 2.45) is 0 Å². The molecule has 0 aromatic carbocycles. The van der Waals surface area contributed by atoms with Gasteiger partial charge in [-0.2, -0.15) is 0 Å². The minimum absolute atomic E-state index is 0.145. The van der Waals surface area contributed by atoms with Crippen LogP contribution in [0.5, 0.6) is 0 Å². The molecule has 1 rings (SSSR count). The molecular formula is C14H28N2O2. The molecular weight excluding hydrogens is 228 g/mol. The maximum Gasteiger partial charge on any atom is 0.322 e. The Balaban J connectivity index is 2.33. The van der Waals surface area contributed by atoms with Crippen molar-refractivity contribution >= 4 is 5.97 Å². The van der Waals surface area contributed by atoms with E-state index in [1.807, 2.05) is 6.92 Å². The van der Waals surface area contributed by atoms with Crippen molar-refractivity contribution in [1.82, 2.24) is 10.2 Å². The Labute approximate surface area is 111 Å². The third-order valence-electron chi connectivity index (χ3n) is 3.90. The van der Waals surface area contributed by atoms with E-state index in [2.05, 4.69) is 17.3 Å². The van der Waals surface area contributed by atoms with Gasteiger partial charge in [-0.3, -0.25) is 4.79 Å². The Bertz CT molecular complexity index is 240. The monoisotopic (exact) mass is 256 g/mol. The molecule has 0 aromatic rings. The number of esters is 1. The summed E-state index contributed by atoms with van der Waals surface area (Å²) < 4.78 is 4.82. The van der Waals surface area contributed by atoms with Gasteiger partial charge in [0.05, 0.1) is 7.11 Å². The van der Waals surface area contributed by atoms with E-state index in [4.69, 9.17) is 4.74 Å². The van der Waals surface area contributed by atoms with E-state index in [0.29, 0.717) is 6.04 Å². The van der Waals surface area contributed by atoms with Crippen LogP contribution in [0.3, 0.4) is 0 Å². The Hall–Kier alpha value is -0.610. The van der Waals surface area contributed by atoms with Crippen molar-refractivity contribution in [1.29, 1.82) is 0 Å². The summed E-state index contributed by atoms with van der Waals surface area (Å²) in [5.41, 5.74) is 0. The fourth-order valence-electron chi connectivity index (χ4n) is 2.73. The lowest BCUT2D eigenvalue weighted by Gasteiger charge is -2.32. The number of hydrogen-bond acceptors (Lipinski definition) is 4. The molecule has 1 atom stereocenters. The smallest absolute Gasteiger partial charge is 0.322 e. The fraction of sp³-hybridized carbons (Fsp3) is 0.929. The fourth-order valence-corrected chi connectivity index (χ4v) is 2.73.